The van der Waals surface area contributed by atoms with E-state index >= 15 is 0 Å². The fourth-order valence-corrected chi connectivity index (χ4v) is 2.42. The molecule has 0 saturated carbocycles. The van der Waals surface area contributed by atoms with Crippen molar-refractivity contribution in [2.24, 2.45) is 12.0 Å². The minimum absolute atomic E-state index is 0. The van der Waals surface area contributed by atoms with Crippen molar-refractivity contribution in [2.45, 2.75) is 19.9 Å². The van der Waals surface area contributed by atoms with Gasteiger partial charge in [0.05, 0.1) is 27.0 Å². The molecule has 1 aromatic carbocycles. The SMILES string of the molecule is CCNC(=NCc1ccc(OC)c(OC)c1)NCCc1cnn(C)c1.I. The van der Waals surface area contributed by atoms with E-state index in [-0.39, 0.29) is 24.0 Å². The number of guanidine groups is 1. The summed E-state index contributed by atoms with van der Waals surface area (Å²) in [6.07, 6.45) is 4.80. The summed E-state index contributed by atoms with van der Waals surface area (Å²) in [6.45, 7) is 4.21. The summed E-state index contributed by atoms with van der Waals surface area (Å²) in [5.74, 6) is 2.22. The standard InChI is InChI=1S/C18H27N5O2.HI/c1-5-19-18(20-9-8-15-12-22-23(2)13-15)21-11-14-6-7-16(24-3)17(10-14)25-4;/h6-7,10,12-13H,5,8-9,11H2,1-4H3,(H2,19,20,21);1H. The molecule has 1 aromatic heterocycles. The largest absolute Gasteiger partial charge is 0.493 e. The maximum atomic E-state index is 5.33. The second-order valence-corrected chi connectivity index (χ2v) is 5.58. The van der Waals surface area contributed by atoms with Crippen LogP contribution < -0.4 is 20.1 Å². The Balaban J connectivity index is 0.00000338. The molecule has 0 fully saturated rings. The van der Waals surface area contributed by atoms with E-state index in [4.69, 9.17) is 9.47 Å². The smallest absolute Gasteiger partial charge is 0.191 e. The van der Waals surface area contributed by atoms with Gasteiger partial charge < -0.3 is 20.1 Å². The van der Waals surface area contributed by atoms with Crippen LogP contribution in [0.3, 0.4) is 0 Å². The van der Waals surface area contributed by atoms with E-state index in [1.54, 1.807) is 14.2 Å². The highest BCUT2D eigenvalue weighted by atomic mass is 127. The summed E-state index contributed by atoms with van der Waals surface area (Å²) < 4.78 is 12.4. The Kier molecular flexibility index (Phi) is 9.85. The molecule has 0 aliphatic rings. The van der Waals surface area contributed by atoms with Gasteiger partial charge in [-0.2, -0.15) is 5.10 Å². The molecule has 26 heavy (non-hydrogen) atoms. The second-order valence-electron chi connectivity index (χ2n) is 5.58. The zero-order valence-electron chi connectivity index (χ0n) is 15.8. The molecule has 0 amide bonds. The maximum absolute atomic E-state index is 5.33. The van der Waals surface area contributed by atoms with Crippen LogP contribution in [0.15, 0.2) is 35.6 Å². The molecule has 0 unspecified atom stereocenters. The fraction of sp³-hybridized carbons (Fsp3) is 0.444. The first kappa shape index (κ1) is 22.1. The van der Waals surface area contributed by atoms with Gasteiger partial charge in [0, 0.05) is 26.3 Å². The van der Waals surface area contributed by atoms with Gasteiger partial charge in [-0.1, -0.05) is 6.07 Å². The first-order chi connectivity index (χ1) is 12.2. The van der Waals surface area contributed by atoms with E-state index in [0.29, 0.717) is 12.3 Å². The van der Waals surface area contributed by atoms with Crippen LogP contribution in [0.2, 0.25) is 0 Å². The molecule has 0 atom stereocenters. The maximum Gasteiger partial charge on any atom is 0.191 e. The van der Waals surface area contributed by atoms with Crippen LogP contribution in [0.4, 0.5) is 0 Å². The molecule has 0 spiro atoms. The van der Waals surface area contributed by atoms with Crippen molar-refractivity contribution >= 4 is 29.9 Å². The topological polar surface area (TPSA) is 72.7 Å². The third kappa shape index (κ3) is 6.74. The molecule has 0 radical (unpaired) electrons. The summed E-state index contributed by atoms with van der Waals surface area (Å²) in [4.78, 5) is 4.63. The Morgan fingerprint density at radius 2 is 1.92 bits per heavy atom. The Morgan fingerprint density at radius 1 is 1.15 bits per heavy atom. The summed E-state index contributed by atoms with van der Waals surface area (Å²) in [5, 5.41) is 10.8. The van der Waals surface area contributed by atoms with Crippen molar-refractivity contribution in [2.75, 3.05) is 27.3 Å². The predicted octanol–water partition coefficient (Wildman–Crippen LogP) is 2.35. The van der Waals surface area contributed by atoms with E-state index in [1.807, 2.05) is 42.3 Å². The zero-order chi connectivity index (χ0) is 18.1. The van der Waals surface area contributed by atoms with Crippen LogP contribution in [0, 0.1) is 0 Å². The number of halogens is 1. The van der Waals surface area contributed by atoms with Gasteiger partial charge in [-0.15, -0.1) is 24.0 Å². The van der Waals surface area contributed by atoms with Crippen molar-refractivity contribution in [1.29, 1.82) is 0 Å². The van der Waals surface area contributed by atoms with E-state index < -0.39 is 0 Å². The van der Waals surface area contributed by atoms with Gasteiger partial charge >= 0.3 is 0 Å². The van der Waals surface area contributed by atoms with E-state index in [9.17, 15) is 0 Å². The number of methoxy groups -OCH3 is 2. The lowest BCUT2D eigenvalue weighted by Crippen LogP contribution is -2.38. The van der Waals surface area contributed by atoms with Gasteiger partial charge in [0.1, 0.15) is 0 Å². The number of aliphatic imine (C=N–C) groups is 1. The molecule has 144 valence electrons. The quantitative estimate of drug-likeness (QED) is 0.350. The molecule has 1 heterocycles. The van der Waals surface area contributed by atoms with Crippen molar-refractivity contribution in [1.82, 2.24) is 20.4 Å². The third-order valence-corrected chi connectivity index (χ3v) is 3.68. The van der Waals surface area contributed by atoms with Gasteiger partial charge in [0.2, 0.25) is 0 Å². The van der Waals surface area contributed by atoms with Gasteiger partial charge in [-0.25, -0.2) is 4.99 Å². The molecular formula is C18H28IN5O2. The van der Waals surface area contributed by atoms with Crippen LogP contribution in [0.25, 0.3) is 0 Å². The van der Waals surface area contributed by atoms with Crippen molar-refractivity contribution in [3.63, 3.8) is 0 Å². The van der Waals surface area contributed by atoms with Crippen LogP contribution >= 0.6 is 24.0 Å². The number of rotatable bonds is 8. The molecule has 0 aliphatic heterocycles. The number of nitrogens with one attached hydrogen (secondary N) is 2. The van der Waals surface area contributed by atoms with Crippen LogP contribution in [-0.2, 0) is 20.0 Å². The lowest BCUT2D eigenvalue weighted by molar-refractivity contribution is 0.354. The molecule has 0 saturated heterocycles. The lowest BCUT2D eigenvalue weighted by atomic mass is 10.2. The van der Waals surface area contributed by atoms with E-state index in [1.165, 1.54) is 5.56 Å². The average molecular weight is 473 g/mol. The minimum Gasteiger partial charge on any atom is -0.493 e. The second kappa shape index (κ2) is 11.6. The minimum atomic E-state index is 0. The molecule has 0 aliphatic carbocycles. The van der Waals surface area contributed by atoms with E-state index in [2.05, 4.69) is 27.6 Å². The molecule has 8 heteroatoms. The Morgan fingerprint density at radius 3 is 2.54 bits per heavy atom. The van der Waals surface area contributed by atoms with E-state index in [0.717, 1.165) is 36.8 Å². The number of benzene rings is 1. The molecule has 2 aromatic rings. The highest BCUT2D eigenvalue weighted by molar-refractivity contribution is 14.0. The average Bonchev–Trinajstić information content (AvgIpc) is 3.04. The lowest BCUT2D eigenvalue weighted by Gasteiger charge is -2.12. The van der Waals surface area contributed by atoms with Crippen molar-refractivity contribution in [3.05, 3.63) is 41.7 Å². The normalized spacial score (nSPS) is 10.8. The first-order valence-corrected chi connectivity index (χ1v) is 8.36. The molecule has 2 rings (SSSR count). The Labute approximate surface area is 172 Å². The van der Waals surface area contributed by atoms with Gasteiger partial charge in [0.15, 0.2) is 17.5 Å². The number of aryl methyl sites for hydroxylation is 1. The fourth-order valence-electron chi connectivity index (χ4n) is 2.42. The predicted molar refractivity (Wildman–Crippen MR) is 115 cm³/mol. The molecular weight excluding hydrogens is 445 g/mol. The van der Waals surface area contributed by atoms with Crippen molar-refractivity contribution < 1.29 is 9.47 Å². The molecule has 0 bridgehead atoms. The number of hydrogen-bond donors (Lipinski definition) is 2. The number of aromatic nitrogens is 2. The number of hydrogen-bond acceptors (Lipinski definition) is 4. The Hall–Kier alpha value is -1.97. The molecule has 7 nitrogen and oxygen atoms in total. The highest BCUT2D eigenvalue weighted by Gasteiger charge is 2.05. The third-order valence-electron chi connectivity index (χ3n) is 3.68. The van der Waals surface area contributed by atoms with Gasteiger partial charge in [-0.05, 0) is 36.6 Å². The van der Waals surface area contributed by atoms with Crippen LogP contribution in [0.5, 0.6) is 11.5 Å². The summed E-state index contributed by atoms with van der Waals surface area (Å²) in [6, 6.07) is 5.83. The highest BCUT2D eigenvalue weighted by Crippen LogP contribution is 2.27. The van der Waals surface area contributed by atoms with Gasteiger partial charge in [0.25, 0.3) is 0 Å². The first-order valence-electron chi connectivity index (χ1n) is 8.36. The number of nitrogens with zero attached hydrogens (tertiary/aromatic N) is 3. The summed E-state index contributed by atoms with van der Waals surface area (Å²) in [5.41, 5.74) is 2.26. The number of ether oxygens (including phenoxy) is 2. The molecule has 2 N–H and O–H groups in total. The van der Waals surface area contributed by atoms with Crippen molar-refractivity contribution in [3.8, 4) is 11.5 Å². The monoisotopic (exact) mass is 473 g/mol. The van der Waals surface area contributed by atoms with Crippen LogP contribution in [0.1, 0.15) is 18.1 Å². The zero-order valence-corrected chi connectivity index (χ0v) is 18.1. The Bertz CT molecular complexity index is 703. The summed E-state index contributed by atoms with van der Waals surface area (Å²) >= 11 is 0. The van der Waals surface area contributed by atoms with Gasteiger partial charge in [-0.3, -0.25) is 4.68 Å². The summed E-state index contributed by atoms with van der Waals surface area (Å²) in [7, 11) is 5.19. The van der Waals surface area contributed by atoms with Crippen LogP contribution in [-0.4, -0.2) is 43.0 Å².